The zero-order valence-corrected chi connectivity index (χ0v) is 12.3. The molecule has 0 fully saturated rings. The van der Waals surface area contributed by atoms with E-state index in [4.69, 9.17) is 0 Å². The van der Waals surface area contributed by atoms with Gasteiger partial charge in [0.25, 0.3) is 0 Å². The summed E-state index contributed by atoms with van der Waals surface area (Å²) in [5.41, 5.74) is 3.65. The molecular formula is C18H17N3O. The lowest BCUT2D eigenvalue weighted by Gasteiger charge is -2.09. The molecule has 4 heteroatoms. The molecule has 2 N–H and O–H groups in total. The minimum absolute atomic E-state index is 0.0984. The van der Waals surface area contributed by atoms with Crippen LogP contribution in [0.4, 0.5) is 11.4 Å². The van der Waals surface area contributed by atoms with Crippen LogP contribution >= 0.6 is 0 Å². The molecule has 3 aromatic rings. The average molecular weight is 291 g/mol. The van der Waals surface area contributed by atoms with Crippen LogP contribution in [0.25, 0.3) is 10.9 Å². The molecular weight excluding hydrogens is 274 g/mol. The molecule has 0 saturated heterocycles. The molecule has 1 aromatic heterocycles. The van der Waals surface area contributed by atoms with Gasteiger partial charge in [-0.1, -0.05) is 35.9 Å². The lowest BCUT2D eigenvalue weighted by atomic mass is 10.2. The highest BCUT2D eigenvalue weighted by Gasteiger charge is 2.06. The van der Waals surface area contributed by atoms with Crippen LogP contribution < -0.4 is 10.6 Å². The normalized spacial score (nSPS) is 10.4. The monoisotopic (exact) mass is 291 g/mol. The highest BCUT2D eigenvalue weighted by Crippen LogP contribution is 2.20. The van der Waals surface area contributed by atoms with Gasteiger partial charge in [-0.15, -0.1) is 0 Å². The van der Waals surface area contributed by atoms with Gasteiger partial charge in [0.1, 0.15) is 0 Å². The van der Waals surface area contributed by atoms with Gasteiger partial charge in [-0.2, -0.15) is 0 Å². The van der Waals surface area contributed by atoms with E-state index in [1.165, 1.54) is 5.56 Å². The highest BCUT2D eigenvalue weighted by atomic mass is 16.1. The fourth-order valence-corrected chi connectivity index (χ4v) is 2.25. The Hall–Kier alpha value is -2.88. The van der Waals surface area contributed by atoms with E-state index in [0.717, 1.165) is 22.3 Å². The van der Waals surface area contributed by atoms with Gasteiger partial charge in [-0.05, 0) is 31.2 Å². The molecule has 0 radical (unpaired) electrons. The van der Waals surface area contributed by atoms with Gasteiger partial charge in [0.15, 0.2) is 0 Å². The average Bonchev–Trinajstić information content (AvgIpc) is 2.55. The van der Waals surface area contributed by atoms with Crippen LogP contribution in [-0.2, 0) is 4.79 Å². The van der Waals surface area contributed by atoms with Gasteiger partial charge >= 0.3 is 0 Å². The number of amides is 1. The van der Waals surface area contributed by atoms with Crippen molar-refractivity contribution in [3.05, 3.63) is 66.4 Å². The van der Waals surface area contributed by atoms with Gasteiger partial charge in [0.05, 0.1) is 17.7 Å². The number of fused-ring (bicyclic) bond motifs is 1. The van der Waals surface area contributed by atoms with E-state index in [9.17, 15) is 4.79 Å². The molecule has 0 unspecified atom stereocenters. The molecule has 110 valence electrons. The van der Waals surface area contributed by atoms with Crippen molar-refractivity contribution in [3.63, 3.8) is 0 Å². The highest BCUT2D eigenvalue weighted by molar-refractivity contribution is 6.01. The number of pyridine rings is 1. The maximum Gasteiger partial charge on any atom is 0.243 e. The van der Waals surface area contributed by atoms with Gasteiger partial charge in [-0.3, -0.25) is 9.78 Å². The number of aromatic nitrogens is 1. The van der Waals surface area contributed by atoms with E-state index in [1.54, 1.807) is 6.20 Å². The fraction of sp³-hybridized carbons (Fsp3) is 0.111. The first-order chi connectivity index (χ1) is 10.7. The van der Waals surface area contributed by atoms with Gasteiger partial charge in [-0.25, -0.2) is 0 Å². The second kappa shape index (κ2) is 6.26. The summed E-state index contributed by atoms with van der Waals surface area (Å²) >= 11 is 0. The van der Waals surface area contributed by atoms with Crippen LogP contribution in [0.1, 0.15) is 5.56 Å². The lowest BCUT2D eigenvalue weighted by molar-refractivity contribution is -0.114. The number of anilines is 2. The molecule has 0 aliphatic rings. The molecule has 0 spiro atoms. The molecule has 3 rings (SSSR count). The standard InChI is InChI=1S/C18H17N3O/c1-13-7-9-15(10-8-13)20-12-17(22)21-16-6-2-4-14-5-3-11-19-18(14)16/h2-11,20H,12H2,1H3,(H,21,22). The Kier molecular flexibility index (Phi) is 4.01. The summed E-state index contributed by atoms with van der Waals surface area (Å²) in [7, 11) is 0. The van der Waals surface area contributed by atoms with Gasteiger partial charge < -0.3 is 10.6 Å². The zero-order chi connectivity index (χ0) is 15.4. The van der Waals surface area contributed by atoms with Crippen molar-refractivity contribution in [2.24, 2.45) is 0 Å². The number of hydrogen-bond acceptors (Lipinski definition) is 3. The number of carbonyl (C=O) groups is 1. The van der Waals surface area contributed by atoms with Gasteiger partial charge in [0, 0.05) is 17.3 Å². The van der Waals surface area contributed by atoms with Crippen molar-refractivity contribution < 1.29 is 4.79 Å². The molecule has 0 saturated carbocycles. The molecule has 1 amide bonds. The van der Waals surface area contributed by atoms with E-state index < -0.39 is 0 Å². The van der Waals surface area contributed by atoms with Gasteiger partial charge in [0.2, 0.25) is 5.91 Å². The largest absolute Gasteiger partial charge is 0.376 e. The smallest absolute Gasteiger partial charge is 0.243 e. The Bertz CT molecular complexity index is 792. The lowest BCUT2D eigenvalue weighted by Crippen LogP contribution is -2.21. The molecule has 2 aromatic carbocycles. The maximum absolute atomic E-state index is 12.1. The van der Waals surface area contributed by atoms with Crippen molar-refractivity contribution in [2.75, 3.05) is 17.2 Å². The van der Waals surface area contributed by atoms with Crippen LogP contribution in [0.3, 0.4) is 0 Å². The Morgan fingerprint density at radius 3 is 2.64 bits per heavy atom. The third-order valence-electron chi connectivity index (χ3n) is 3.41. The minimum atomic E-state index is -0.0984. The molecule has 22 heavy (non-hydrogen) atoms. The van der Waals surface area contributed by atoms with Crippen molar-refractivity contribution in [2.45, 2.75) is 6.92 Å². The Balaban J connectivity index is 1.67. The topological polar surface area (TPSA) is 54.0 Å². The number of aryl methyl sites for hydroxylation is 1. The Morgan fingerprint density at radius 1 is 1.05 bits per heavy atom. The van der Waals surface area contributed by atoms with E-state index >= 15 is 0 Å². The van der Waals surface area contributed by atoms with Crippen molar-refractivity contribution in [1.29, 1.82) is 0 Å². The van der Waals surface area contributed by atoms with Crippen molar-refractivity contribution >= 4 is 28.2 Å². The second-order valence-electron chi connectivity index (χ2n) is 5.15. The van der Waals surface area contributed by atoms with Crippen LogP contribution in [-0.4, -0.2) is 17.4 Å². The Labute approximate surface area is 129 Å². The summed E-state index contributed by atoms with van der Waals surface area (Å²) < 4.78 is 0. The predicted octanol–water partition coefficient (Wildman–Crippen LogP) is 3.59. The summed E-state index contributed by atoms with van der Waals surface area (Å²) in [6.45, 7) is 2.25. The SMILES string of the molecule is Cc1ccc(NCC(=O)Nc2cccc3cccnc23)cc1. The summed E-state index contributed by atoms with van der Waals surface area (Å²) in [5, 5.41) is 7.02. The summed E-state index contributed by atoms with van der Waals surface area (Å²) in [6, 6.07) is 17.5. The molecule has 0 aliphatic carbocycles. The molecule has 0 aliphatic heterocycles. The van der Waals surface area contributed by atoms with Crippen molar-refractivity contribution in [1.82, 2.24) is 4.98 Å². The molecule has 1 heterocycles. The second-order valence-corrected chi connectivity index (χ2v) is 5.15. The fourth-order valence-electron chi connectivity index (χ4n) is 2.25. The number of hydrogen-bond donors (Lipinski definition) is 2. The van der Waals surface area contributed by atoms with E-state index in [-0.39, 0.29) is 12.5 Å². The first-order valence-corrected chi connectivity index (χ1v) is 7.16. The number of benzene rings is 2. The zero-order valence-electron chi connectivity index (χ0n) is 12.3. The van der Waals surface area contributed by atoms with E-state index in [0.29, 0.717) is 0 Å². The van der Waals surface area contributed by atoms with Crippen LogP contribution in [0.5, 0.6) is 0 Å². The third kappa shape index (κ3) is 3.23. The quantitative estimate of drug-likeness (QED) is 0.772. The predicted molar refractivity (Wildman–Crippen MR) is 90.0 cm³/mol. The van der Waals surface area contributed by atoms with Crippen molar-refractivity contribution in [3.8, 4) is 0 Å². The maximum atomic E-state index is 12.1. The molecule has 0 atom stereocenters. The number of rotatable bonds is 4. The molecule has 4 nitrogen and oxygen atoms in total. The number of nitrogens with one attached hydrogen (secondary N) is 2. The summed E-state index contributed by atoms with van der Waals surface area (Å²) in [4.78, 5) is 16.4. The first kappa shape index (κ1) is 14.1. The van der Waals surface area contributed by atoms with E-state index in [1.807, 2.05) is 61.5 Å². The Morgan fingerprint density at radius 2 is 1.82 bits per heavy atom. The summed E-state index contributed by atoms with van der Waals surface area (Å²) in [5.74, 6) is -0.0984. The van der Waals surface area contributed by atoms with Crippen LogP contribution in [0.15, 0.2) is 60.8 Å². The summed E-state index contributed by atoms with van der Waals surface area (Å²) in [6.07, 6.45) is 1.72. The van der Waals surface area contributed by atoms with Crippen LogP contribution in [0, 0.1) is 6.92 Å². The number of nitrogens with zero attached hydrogens (tertiary/aromatic N) is 1. The third-order valence-corrected chi connectivity index (χ3v) is 3.41. The number of para-hydroxylation sites is 1. The molecule has 0 bridgehead atoms. The first-order valence-electron chi connectivity index (χ1n) is 7.16. The van der Waals surface area contributed by atoms with Crippen LogP contribution in [0.2, 0.25) is 0 Å². The minimum Gasteiger partial charge on any atom is -0.376 e. The number of carbonyl (C=O) groups excluding carboxylic acids is 1. The van der Waals surface area contributed by atoms with E-state index in [2.05, 4.69) is 15.6 Å².